The molecule has 0 saturated carbocycles. The fraction of sp³-hybridized carbons (Fsp3) is 0.571. The largest absolute Gasteiger partial charge is 0.394 e. The van der Waals surface area contributed by atoms with Crippen molar-refractivity contribution >= 4 is 0 Å². The van der Waals surface area contributed by atoms with Crippen LogP contribution < -0.4 is 5.32 Å². The van der Waals surface area contributed by atoms with Crippen molar-refractivity contribution in [2.24, 2.45) is 0 Å². The zero-order chi connectivity index (χ0) is 15.2. The van der Waals surface area contributed by atoms with Crippen LogP contribution >= 0.6 is 0 Å². The SMILES string of the molecule is CNC(CO)(CN(C)CCC(F)(F)F)c1ccccc1. The lowest BCUT2D eigenvalue weighted by atomic mass is 9.90. The van der Waals surface area contributed by atoms with Crippen molar-refractivity contribution in [1.29, 1.82) is 0 Å². The van der Waals surface area contributed by atoms with Crippen LogP contribution in [0.4, 0.5) is 13.2 Å². The topological polar surface area (TPSA) is 35.5 Å². The molecule has 1 aromatic rings. The number of nitrogens with zero attached hydrogens (tertiary/aromatic N) is 1. The van der Waals surface area contributed by atoms with Gasteiger partial charge in [0.1, 0.15) is 0 Å². The molecule has 0 bridgehead atoms. The fourth-order valence-electron chi connectivity index (χ4n) is 2.15. The number of hydrogen-bond acceptors (Lipinski definition) is 3. The molecule has 2 N–H and O–H groups in total. The number of aliphatic hydroxyl groups excluding tert-OH is 1. The van der Waals surface area contributed by atoms with Gasteiger partial charge >= 0.3 is 6.18 Å². The summed E-state index contributed by atoms with van der Waals surface area (Å²) in [5.41, 5.74) is 0.0885. The van der Waals surface area contributed by atoms with Gasteiger partial charge in [-0.25, -0.2) is 0 Å². The minimum absolute atomic E-state index is 0.0975. The quantitative estimate of drug-likeness (QED) is 0.806. The van der Waals surface area contributed by atoms with Crippen molar-refractivity contribution in [1.82, 2.24) is 10.2 Å². The van der Waals surface area contributed by atoms with Gasteiger partial charge in [0.25, 0.3) is 0 Å². The van der Waals surface area contributed by atoms with Crippen molar-refractivity contribution in [2.75, 3.05) is 33.8 Å². The number of halogens is 3. The van der Waals surface area contributed by atoms with Gasteiger partial charge in [0.05, 0.1) is 18.6 Å². The number of aliphatic hydroxyl groups is 1. The molecule has 0 saturated heterocycles. The molecular formula is C14H21F3N2O. The van der Waals surface area contributed by atoms with Crippen molar-refractivity contribution in [3.05, 3.63) is 35.9 Å². The Kier molecular flexibility index (Phi) is 5.98. The molecule has 3 nitrogen and oxygen atoms in total. The summed E-state index contributed by atoms with van der Waals surface area (Å²) < 4.78 is 36.7. The Morgan fingerprint density at radius 1 is 1.20 bits per heavy atom. The molecule has 0 aliphatic heterocycles. The van der Waals surface area contributed by atoms with Crippen molar-refractivity contribution in [3.63, 3.8) is 0 Å². The van der Waals surface area contributed by atoms with E-state index in [1.807, 2.05) is 30.3 Å². The maximum Gasteiger partial charge on any atom is 0.390 e. The van der Waals surface area contributed by atoms with Crippen LogP contribution in [-0.2, 0) is 5.54 Å². The number of likely N-dealkylation sites (N-methyl/N-ethyl adjacent to an activating group) is 2. The van der Waals surface area contributed by atoms with E-state index in [-0.39, 0.29) is 13.2 Å². The highest BCUT2D eigenvalue weighted by molar-refractivity contribution is 5.25. The highest BCUT2D eigenvalue weighted by Gasteiger charge is 2.33. The predicted molar refractivity (Wildman–Crippen MR) is 72.4 cm³/mol. The maximum absolute atomic E-state index is 12.2. The molecule has 1 aromatic carbocycles. The van der Waals surface area contributed by atoms with Crippen LogP contribution in [0, 0.1) is 0 Å². The van der Waals surface area contributed by atoms with E-state index in [1.54, 1.807) is 19.0 Å². The molecule has 1 rings (SSSR count). The Morgan fingerprint density at radius 3 is 2.25 bits per heavy atom. The third-order valence-corrected chi connectivity index (χ3v) is 3.39. The van der Waals surface area contributed by atoms with Gasteiger partial charge < -0.3 is 15.3 Å². The molecule has 0 heterocycles. The Balaban J connectivity index is 2.77. The Hall–Kier alpha value is -1.11. The maximum atomic E-state index is 12.2. The van der Waals surface area contributed by atoms with Gasteiger partial charge in [-0.15, -0.1) is 0 Å². The summed E-state index contributed by atoms with van der Waals surface area (Å²) in [6.45, 7) is 0.00370. The van der Waals surface area contributed by atoms with Gasteiger partial charge in [-0.2, -0.15) is 13.2 Å². The third kappa shape index (κ3) is 4.77. The van der Waals surface area contributed by atoms with E-state index in [4.69, 9.17) is 0 Å². The minimum atomic E-state index is -4.16. The van der Waals surface area contributed by atoms with Crippen LogP contribution in [0.25, 0.3) is 0 Å². The van der Waals surface area contributed by atoms with Gasteiger partial charge in [0, 0.05) is 13.1 Å². The van der Waals surface area contributed by atoms with E-state index < -0.39 is 18.1 Å². The standard InChI is InChI=1S/C14H21F3N2O/c1-18-13(11-20,12-6-4-3-5-7-12)10-19(2)9-8-14(15,16)17/h3-7,18,20H,8-11H2,1-2H3. The summed E-state index contributed by atoms with van der Waals surface area (Å²) in [6.07, 6.45) is -5.02. The van der Waals surface area contributed by atoms with E-state index in [2.05, 4.69) is 5.32 Å². The highest BCUT2D eigenvalue weighted by atomic mass is 19.4. The van der Waals surface area contributed by atoms with Crippen LogP contribution in [0.15, 0.2) is 30.3 Å². The van der Waals surface area contributed by atoms with E-state index >= 15 is 0 Å². The Labute approximate surface area is 117 Å². The zero-order valence-corrected chi connectivity index (χ0v) is 11.7. The lowest BCUT2D eigenvalue weighted by Gasteiger charge is -2.36. The van der Waals surface area contributed by atoms with E-state index in [9.17, 15) is 18.3 Å². The van der Waals surface area contributed by atoms with E-state index in [0.717, 1.165) is 5.56 Å². The molecule has 1 atom stereocenters. The van der Waals surface area contributed by atoms with Crippen molar-refractivity contribution in [2.45, 2.75) is 18.1 Å². The summed E-state index contributed by atoms with van der Waals surface area (Å²) in [4.78, 5) is 1.58. The molecule has 0 spiro atoms. The first-order valence-electron chi connectivity index (χ1n) is 6.43. The van der Waals surface area contributed by atoms with Gasteiger partial charge in [-0.3, -0.25) is 0 Å². The van der Waals surface area contributed by atoms with Gasteiger partial charge in [0.15, 0.2) is 0 Å². The monoisotopic (exact) mass is 290 g/mol. The summed E-state index contributed by atoms with van der Waals surface area (Å²) in [5.74, 6) is 0. The van der Waals surface area contributed by atoms with Gasteiger partial charge in [-0.05, 0) is 19.7 Å². The van der Waals surface area contributed by atoms with E-state index in [0.29, 0.717) is 6.54 Å². The molecule has 0 aliphatic rings. The smallest absolute Gasteiger partial charge is 0.390 e. The normalized spacial score (nSPS) is 15.3. The minimum Gasteiger partial charge on any atom is -0.394 e. The number of hydrogen-bond donors (Lipinski definition) is 2. The Morgan fingerprint density at radius 2 is 1.80 bits per heavy atom. The van der Waals surface area contributed by atoms with Crippen LogP contribution in [0.5, 0.6) is 0 Å². The summed E-state index contributed by atoms with van der Waals surface area (Å²) in [7, 11) is 3.32. The van der Waals surface area contributed by atoms with Crippen LogP contribution in [0.1, 0.15) is 12.0 Å². The molecule has 20 heavy (non-hydrogen) atoms. The average Bonchev–Trinajstić information content (AvgIpc) is 2.43. The second-order valence-corrected chi connectivity index (χ2v) is 4.96. The number of alkyl halides is 3. The lowest BCUT2D eigenvalue weighted by Crippen LogP contribution is -2.51. The molecule has 6 heteroatoms. The molecule has 1 unspecified atom stereocenters. The predicted octanol–water partition coefficient (Wildman–Crippen LogP) is 1.98. The van der Waals surface area contributed by atoms with Gasteiger partial charge in [0.2, 0.25) is 0 Å². The first-order valence-corrected chi connectivity index (χ1v) is 6.43. The van der Waals surface area contributed by atoms with E-state index in [1.165, 1.54) is 0 Å². The lowest BCUT2D eigenvalue weighted by molar-refractivity contribution is -0.137. The van der Waals surface area contributed by atoms with Crippen molar-refractivity contribution in [3.8, 4) is 0 Å². The summed E-state index contributed by atoms with van der Waals surface area (Å²) in [5, 5.41) is 12.7. The number of nitrogens with one attached hydrogen (secondary N) is 1. The molecule has 0 aliphatic carbocycles. The third-order valence-electron chi connectivity index (χ3n) is 3.39. The molecule has 0 fully saturated rings. The molecule has 0 aromatic heterocycles. The van der Waals surface area contributed by atoms with Crippen LogP contribution in [0.2, 0.25) is 0 Å². The average molecular weight is 290 g/mol. The molecule has 114 valence electrons. The summed E-state index contributed by atoms with van der Waals surface area (Å²) >= 11 is 0. The second kappa shape index (κ2) is 7.06. The molecule has 0 amide bonds. The van der Waals surface area contributed by atoms with Crippen LogP contribution in [0.3, 0.4) is 0 Å². The molecular weight excluding hydrogens is 269 g/mol. The number of benzene rings is 1. The highest BCUT2D eigenvalue weighted by Crippen LogP contribution is 2.23. The number of rotatable bonds is 7. The first-order chi connectivity index (χ1) is 9.33. The summed E-state index contributed by atoms with van der Waals surface area (Å²) in [6, 6.07) is 9.24. The second-order valence-electron chi connectivity index (χ2n) is 4.96. The van der Waals surface area contributed by atoms with Crippen molar-refractivity contribution < 1.29 is 18.3 Å². The fourth-order valence-corrected chi connectivity index (χ4v) is 2.15. The van der Waals surface area contributed by atoms with Crippen LogP contribution in [-0.4, -0.2) is 50.0 Å². The Bertz CT molecular complexity index is 391. The molecule has 0 radical (unpaired) electrons. The first kappa shape index (κ1) is 16.9. The van der Waals surface area contributed by atoms with Gasteiger partial charge in [-0.1, -0.05) is 30.3 Å². The zero-order valence-electron chi connectivity index (χ0n) is 11.7.